The molecule has 304 valence electrons. The maximum absolute atomic E-state index is 15.4. The number of hydrogen-bond donors (Lipinski definition) is 2. The minimum atomic E-state index is -4.77. The van der Waals surface area contributed by atoms with Crippen LogP contribution in [0.4, 0.5) is 4.79 Å². The summed E-state index contributed by atoms with van der Waals surface area (Å²) >= 11 is 1.93. The van der Waals surface area contributed by atoms with Crippen LogP contribution in [0.15, 0.2) is 94.7 Å². The lowest BCUT2D eigenvalue weighted by atomic mass is 10.1. The summed E-state index contributed by atoms with van der Waals surface area (Å²) in [6.07, 6.45) is -1.24. The van der Waals surface area contributed by atoms with Crippen LogP contribution < -0.4 is 18.9 Å². The van der Waals surface area contributed by atoms with Gasteiger partial charge in [0.2, 0.25) is 25.9 Å². The highest BCUT2D eigenvalue weighted by Gasteiger charge is 2.37. The Bertz CT molecular complexity index is 2340. The summed E-state index contributed by atoms with van der Waals surface area (Å²) in [7, 11) is -4.81. The van der Waals surface area contributed by atoms with E-state index >= 15 is 8.42 Å². The molecule has 0 unspecified atom stereocenters. The number of hydrogen-bond acceptors (Lipinski definition) is 11. The van der Waals surface area contributed by atoms with Crippen molar-refractivity contribution in [3.63, 3.8) is 0 Å². The molecule has 0 fully saturated rings. The molecule has 0 radical (unpaired) electrons. The maximum Gasteiger partial charge on any atom is 0.407 e. The average Bonchev–Trinajstić information content (AvgIpc) is 3.64. The summed E-state index contributed by atoms with van der Waals surface area (Å²) < 4.78 is 79.2. The molecule has 1 aromatic heterocycles. The van der Waals surface area contributed by atoms with Gasteiger partial charge in [-0.2, -0.15) is 9.10 Å². The van der Waals surface area contributed by atoms with Crippen LogP contribution in [0.3, 0.4) is 0 Å². The lowest BCUT2D eigenvalue weighted by Crippen LogP contribution is -2.48. The number of nitrogens with one attached hydrogen (secondary N) is 1. The van der Waals surface area contributed by atoms with Crippen LogP contribution in [-0.2, 0) is 39.7 Å². The second-order valence-electron chi connectivity index (χ2n) is 13.7. The van der Waals surface area contributed by atoms with Crippen molar-refractivity contribution in [1.29, 1.82) is 0 Å². The molecule has 0 saturated carbocycles. The van der Waals surface area contributed by atoms with Gasteiger partial charge in [0, 0.05) is 35.3 Å². The number of nitrogens with zero attached hydrogens (tertiary/aromatic N) is 6. The molecule has 19 heteroatoms. The first-order chi connectivity index (χ1) is 27.0. The van der Waals surface area contributed by atoms with Gasteiger partial charge in [-0.05, 0) is 114 Å². The molecule has 0 aliphatic heterocycles. The molecule has 0 bridgehead atoms. The predicted molar refractivity (Wildman–Crippen MR) is 220 cm³/mol. The molecule has 5 rings (SSSR count). The lowest BCUT2D eigenvalue weighted by Gasteiger charge is -2.33. The highest BCUT2D eigenvalue weighted by Crippen LogP contribution is 2.38. The second-order valence-corrected chi connectivity index (χ2v) is 18.5. The second kappa shape index (κ2) is 18.2. The maximum atomic E-state index is 15.4. The monoisotopic (exact) mass is 933 g/mol. The van der Waals surface area contributed by atoms with E-state index in [1.807, 2.05) is 34.7 Å². The van der Waals surface area contributed by atoms with E-state index < -0.39 is 41.5 Å². The molecule has 1 amide bonds. The normalized spacial score (nSPS) is 12.1. The molecule has 16 nitrogen and oxygen atoms in total. The summed E-state index contributed by atoms with van der Waals surface area (Å²) in [5.41, 5.74) is 1.09. The van der Waals surface area contributed by atoms with Crippen molar-refractivity contribution in [3.8, 4) is 28.6 Å². The third-order valence-electron chi connectivity index (χ3n) is 8.82. The van der Waals surface area contributed by atoms with Crippen molar-refractivity contribution in [2.24, 2.45) is 0 Å². The fourth-order valence-corrected chi connectivity index (χ4v) is 10.1. The minimum absolute atomic E-state index is 0.0734. The SMILES string of the molecule is COc1ccc(CN(Cc2ccc(OC)cc2)S(=O)(=O)c2c(S(=O)(=O)NCCN(C(=O)O)C(C)(C)C)ccc(I)c2-c2nnn(Cc3ccc(OC)cc3)n2)cc1. The molecule has 2 N–H and O–H groups in total. The van der Waals surface area contributed by atoms with Crippen LogP contribution in [0.25, 0.3) is 11.4 Å². The Hall–Kier alpha value is -4.83. The lowest BCUT2D eigenvalue weighted by molar-refractivity contribution is 0.102. The number of benzene rings is 4. The van der Waals surface area contributed by atoms with E-state index in [0.717, 1.165) is 10.5 Å². The smallest absolute Gasteiger partial charge is 0.407 e. The van der Waals surface area contributed by atoms with E-state index in [9.17, 15) is 18.3 Å². The zero-order valence-corrected chi connectivity index (χ0v) is 36.0. The minimum Gasteiger partial charge on any atom is -0.497 e. The molecule has 0 saturated heterocycles. The summed E-state index contributed by atoms with van der Waals surface area (Å²) in [6.45, 7) is 4.34. The Morgan fingerprint density at radius 1 is 0.789 bits per heavy atom. The van der Waals surface area contributed by atoms with Gasteiger partial charge in [-0.1, -0.05) is 36.4 Å². The zero-order chi connectivity index (χ0) is 41.5. The van der Waals surface area contributed by atoms with Crippen molar-refractivity contribution in [3.05, 3.63) is 105 Å². The number of methoxy groups -OCH3 is 3. The van der Waals surface area contributed by atoms with E-state index in [4.69, 9.17) is 14.2 Å². The van der Waals surface area contributed by atoms with Gasteiger partial charge in [-0.15, -0.1) is 10.2 Å². The van der Waals surface area contributed by atoms with Crippen LogP contribution in [0.5, 0.6) is 17.2 Å². The Morgan fingerprint density at radius 2 is 1.28 bits per heavy atom. The van der Waals surface area contributed by atoms with Crippen molar-refractivity contribution in [2.45, 2.75) is 55.7 Å². The average molecular weight is 934 g/mol. The number of carbonyl (C=O) groups is 1. The van der Waals surface area contributed by atoms with Crippen molar-refractivity contribution in [1.82, 2.24) is 34.1 Å². The molecular formula is C38H44IN7O9S2. The van der Waals surface area contributed by atoms with Crippen LogP contribution in [0.1, 0.15) is 37.5 Å². The number of halogens is 1. The Kier molecular flexibility index (Phi) is 13.8. The number of amides is 1. The van der Waals surface area contributed by atoms with Gasteiger partial charge in [-0.25, -0.2) is 26.4 Å². The highest BCUT2D eigenvalue weighted by atomic mass is 127. The highest BCUT2D eigenvalue weighted by molar-refractivity contribution is 14.1. The van der Waals surface area contributed by atoms with Crippen molar-refractivity contribution >= 4 is 48.7 Å². The van der Waals surface area contributed by atoms with Gasteiger partial charge >= 0.3 is 6.09 Å². The van der Waals surface area contributed by atoms with Gasteiger partial charge in [0.1, 0.15) is 27.0 Å². The van der Waals surface area contributed by atoms with E-state index in [-0.39, 0.29) is 44.1 Å². The molecule has 0 aliphatic rings. The summed E-state index contributed by atoms with van der Waals surface area (Å²) in [5.74, 6) is 1.67. The predicted octanol–water partition coefficient (Wildman–Crippen LogP) is 5.47. The molecule has 4 aromatic carbocycles. The van der Waals surface area contributed by atoms with Crippen molar-refractivity contribution < 1.29 is 40.9 Å². The van der Waals surface area contributed by atoms with Gasteiger partial charge in [0.15, 0.2) is 0 Å². The molecule has 5 aromatic rings. The Labute approximate surface area is 346 Å². The molecular weight excluding hydrogens is 889 g/mol. The van der Waals surface area contributed by atoms with Crippen LogP contribution in [-0.4, -0.2) is 97.4 Å². The molecule has 1 heterocycles. The van der Waals surface area contributed by atoms with E-state index in [2.05, 4.69) is 20.1 Å². The molecule has 0 spiro atoms. The molecule has 0 aliphatic carbocycles. The van der Waals surface area contributed by atoms with E-state index in [1.165, 1.54) is 35.5 Å². The fourth-order valence-electron chi connectivity index (χ4n) is 5.83. The van der Waals surface area contributed by atoms with Gasteiger partial charge in [0.05, 0.1) is 33.4 Å². The first-order valence-corrected chi connectivity index (χ1v) is 21.5. The number of ether oxygens (including phenoxy) is 3. The topological polar surface area (TPSA) is 195 Å². The van der Waals surface area contributed by atoms with Crippen LogP contribution in [0.2, 0.25) is 0 Å². The first-order valence-electron chi connectivity index (χ1n) is 17.5. The largest absolute Gasteiger partial charge is 0.497 e. The fraction of sp³-hybridized carbons (Fsp3) is 0.316. The third-order valence-corrected chi connectivity index (χ3v) is 13.2. The third kappa shape index (κ3) is 10.6. The van der Waals surface area contributed by atoms with E-state index in [0.29, 0.717) is 31.9 Å². The van der Waals surface area contributed by atoms with Crippen LogP contribution >= 0.6 is 22.6 Å². The standard InChI is InChI=1S/C38H44IN7O9S2/c1-38(2,3)45(37(47)48)22-21-40-56(49,50)33-20-19-32(39)34(36-41-43-46(42-36)25-28-11-17-31(55-6)18-12-28)35(33)57(51,52)44(23-26-7-13-29(53-4)14-8-26)24-27-9-15-30(54-5)16-10-27/h7-20,40H,21-25H2,1-6H3,(H,47,48). The van der Waals surface area contributed by atoms with Gasteiger partial charge in [0.25, 0.3) is 0 Å². The van der Waals surface area contributed by atoms with Gasteiger partial charge < -0.3 is 24.2 Å². The zero-order valence-electron chi connectivity index (χ0n) is 32.2. The van der Waals surface area contributed by atoms with Crippen LogP contribution in [0, 0.1) is 3.57 Å². The molecule has 0 atom stereocenters. The summed E-state index contributed by atoms with van der Waals surface area (Å²) in [5, 5.41) is 22.8. The number of carboxylic acid groups (broad SMARTS) is 1. The van der Waals surface area contributed by atoms with E-state index in [1.54, 1.807) is 88.5 Å². The summed E-state index contributed by atoms with van der Waals surface area (Å²) in [6, 6.07) is 23.6. The number of sulfonamides is 2. The number of tetrazole rings is 1. The Morgan fingerprint density at radius 3 is 1.74 bits per heavy atom. The number of aromatic nitrogens is 4. The Balaban J connectivity index is 1.66. The molecule has 57 heavy (non-hydrogen) atoms. The first kappa shape index (κ1) is 43.3. The van der Waals surface area contributed by atoms with Gasteiger partial charge in [-0.3, -0.25) is 0 Å². The number of rotatable bonds is 17. The van der Waals surface area contributed by atoms with Crippen molar-refractivity contribution in [2.75, 3.05) is 34.4 Å². The quantitative estimate of drug-likeness (QED) is 0.112. The summed E-state index contributed by atoms with van der Waals surface area (Å²) in [4.78, 5) is 13.2.